The standard InChI is InChI=1S/C18H30N4O3/c1-14-11-15(2)22(18(24)20-14)9-6-17(23)19-12-16-5-8-21(13-16)7-4-10-25-3/h11,16H,4-10,12-13H2,1-3H3,(H,19,23). The number of hydrogen-bond donors (Lipinski definition) is 1. The van der Waals surface area contributed by atoms with Gasteiger partial charge in [-0.3, -0.25) is 9.36 Å². The predicted molar refractivity (Wildman–Crippen MR) is 96.6 cm³/mol. The smallest absolute Gasteiger partial charge is 0.347 e. The predicted octanol–water partition coefficient (Wildman–Crippen LogP) is 0.725. The first-order valence-electron chi connectivity index (χ1n) is 9.02. The maximum absolute atomic E-state index is 12.1. The minimum absolute atomic E-state index is 0.00953. The molecule has 1 aromatic rings. The number of aromatic nitrogens is 2. The van der Waals surface area contributed by atoms with Crippen molar-refractivity contribution in [3.63, 3.8) is 0 Å². The summed E-state index contributed by atoms with van der Waals surface area (Å²) in [6.07, 6.45) is 2.47. The molecular formula is C18H30N4O3. The van der Waals surface area contributed by atoms with E-state index < -0.39 is 0 Å². The number of nitrogens with zero attached hydrogens (tertiary/aromatic N) is 3. The molecule has 0 aromatic carbocycles. The van der Waals surface area contributed by atoms with Gasteiger partial charge in [0, 0.05) is 57.7 Å². The highest BCUT2D eigenvalue weighted by Gasteiger charge is 2.22. The zero-order valence-corrected chi connectivity index (χ0v) is 15.6. The molecule has 1 aromatic heterocycles. The quantitative estimate of drug-likeness (QED) is 0.664. The van der Waals surface area contributed by atoms with Crippen LogP contribution in [0.1, 0.15) is 30.7 Å². The van der Waals surface area contributed by atoms with Gasteiger partial charge in [-0.2, -0.15) is 4.98 Å². The van der Waals surface area contributed by atoms with Gasteiger partial charge >= 0.3 is 5.69 Å². The van der Waals surface area contributed by atoms with Gasteiger partial charge in [0.15, 0.2) is 0 Å². The monoisotopic (exact) mass is 350 g/mol. The normalized spacial score (nSPS) is 17.8. The summed E-state index contributed by atoms with van der Waals surface area (Å²) in [5.74, 6) is 0.502. The van der Waals surface area contributed by atoms with Gasteiger partial charge in [0.1, 0.15) is 0 Å². The Morgan fingerprint density at radius 2 is 2.20 bits per heavy atom. The summed E-state index contributed by atoms with van der Waals surface area (Å²) in [6, 6.07) is 1.86. The van der Waals surface area contributed by atoms with E-state index in [9.17, 15) is 9.59 Å². The number of ether oxygens (including phenoxy) is 1. The van der Waals surface area contributed by atoms with Gasteiger partial charge < -0.3 is 15.0 Å². The molecule has 0 aliphatic carbocycles. The van der Waals surface area contributed by atoms with Crippen LogP contribution in [0.3, 0.4) is 0 Å². The number of likely N-dealkylation sites (tertiary alicyclic amines) is 1. The van der Waals surface area contributed by atoms with E-state index in [1.807, 2.05) is 13.0 Å². The van der Waals surface area contributed by atoms with E-state index in [1.54, 1.807) is 18.6 Å². The second kappa shape index (κ2) is 9.68. The van der Waals surface area contributed by atoms with E-state index in [-0.39, 0.29) is 11.6 Å². The molecule has 0 radical (unpaired) electrons. The van der Waals surface area contributed by atoms with Gasteiger partial charge in [0.2, 0.25) is 5.91 Å². The van der Waals surface area contributed by atoms with Crippen molar-refractivity contribution in [2.45, 2.75) is 39.7 Å². The van der Waals surface area contributed by atoms with Crippen LogP contribution in [0.15, 0.2) is 10.9 Å². The molecule has 1 fully saturated rings. The van der Waals surface area contributed by atoms with Crippen molar-refractivity contribution in [1.29, 1.82) is 0 Å². The molecular weight excluding hydrogens is 320 g/mol. The SMILES string of the molecule is COCCCN1CCC(CNC(=O)CCn2c(C)cc(C)nc2=O)C1. The molecule has 1 saturated heterocycles. The molecule has 2 heterocycles. The Morgan fingerprint density at radius 1 is 1.40 bits per heavy atom. The second-order valence-corrected chi connectivity index (χ2v) is 6.83. The Balaban J connectivity index is 1.69. The maximum Gasteiger partial charge on any atom is 0.347 e. The number of nitrogens with one attached hydrogen (secondary N) is 1. The lowest BCUT2D eigenvalue weighted by atomic mass is 10.1. The summed E-state index contributed by atoms with van der Waals surface area (Å²) in [7, 11) is 1.73. The Bertz CT molecular complexity index is 629. The molecule has 7 nitrogen and oxygen atoms in total. The van der Waals surface area contributed by atoms with Crippen molar-refractivity contribution in [2.75, 3.05) is 39.9 Å². The number of rotatable bonds is 9. The molecule has 25 heavy (non-hydrogen) atoms. The summed E-state index contributed by atoms with van der Waals surface area (Å²) in [6.45, 7) is 8.72. The fourth-order valence-corrected chi connectivity index (χ4v) is 3.32. The summed E-state index contributed by atoms with van der Waals surface area (Å²) < 4.78 is 6.64. The molecule has 140 valence electrons. The van der Waals surface area contributed by atoms with Crippen LogP contribution < -0.4 is 11.0 Å². The molecule has 0 bridgehead atoms. The lowest BCUT2D eigenvalue weighted by Gasteiger charge is -2.16. The van der Waals surface area contributed by atoms with Crippen molar-refractivity contribution in [1.82, 2.24) is 19.8 Å². The van der Waals surface area contributed by atoms with Crippen molar-refractivity contribution >= 4 is 5.91 Å². The van der Waals surface area contributed by atoms with Crippen LogP contribution in [0, 0.1) is 19.8 Å². The largest absolute Gasteiger partial charge is 0.385 e. The first kappa shape index (κ1) is 19.6. The zero-order chi connectivity index (χ0) is 18.2. The van der Waals surface area contributed by atoms with Crippen molar-refractivity contribution in [3.05, 3.63) is 27.9 Å². The Kier molecular flexibility index (Phi) is 7.58. The topological polar surface area (TPSA) is 76.5 Å². The Labute approximate surface area is 149 Å². The van der Waals surface area contributed by atoms with Crippen LogP contribution in [-0.2, 0) is 16.1 Å². The van der Waals surface area contributed by atoms with Gasteiger partial charge in [-0.25, -0.2) is 4.79 Å². The third kappa shape index (κ3) is 6.25. The number of hydrogen-bond acceptors (Lipinski definition) is 5. The highest BCUT2D eigenvalue weighted by molar-refractivity contribution is 5.75. The summed E-state index contributed by atoms with van der Waals surface area (Å²) >= 11 is 0. The van der Waals surface area contributed by atoms with Crippen LogP contribution in [0.4, 0.5) is 0 Å². The third-order valence-corrected chi connectivity index (χ3v) is 4.69. The fraction of sp³-hybridized carbons (Fsp3) is 0.722. The van der Waals surface area contributed by atoms with Crippen LogP contribution in [0.5, 0.6) is 0 Å². The number of aryl methyl sites for hydroxylation is 2. The van der Waals surface area contributed by atoms with Crippen LogP contribution in [0.2, 0.25) is 0 Å². The van der Waals surface area contributed by atoms with Gasteiger partial charge in [0.05, 0.1) is 0 Å². The molecule has 7 heteroatoms. The van der Waals surface area contributed by atoms with E-state index in [4.69, 9.17) is 4.74 Å². The van der Waals surface area contributed by atoms with E-state index in [0.29, 0.717) is 31.1 Å². The molecule has 1 N–H and O–H groups in total. The molecule has 1 aliphatic rings. The fourth-order valence-electron chi connectivity index (χ4n) is 3.32. The maximum atomic E-state index is 12.1. The molecule has 0 spiro atoms. The van der Waals surface area contributed by atoms with Gasteiger partial charge in [0.25, 0.3) is 0 Å². The Morgan fingerprint density at radius 3 is 2.92 bits per heavy atom. The average molecular weight is 350 g/mol. The third-order valence-electron chi connectivity index (χ3n) is 4.69. The summed E-state index contributed by atoms with van der Waals surface area (Å²) in [5.41, 5.74) is 1.26. The lowest BCUT2D eigenvalue weighted by molar-refractivity contribution is -0.121. The molecule has 1 amide bonds. The van der Waals surface area contributed by atoms with Crippen LogP contribution in [0.25, 0.3) is 0 Å². The average Bonchev–Trinajstić information content (AvgIpc) is 3.00. The minimum atomic E-state index is -0.284. The summed E-state index contributed by atoms with van der Waals surface area (Å²) in [4.78, 5) is 30.3. The van der Waals surface area contributed by atoms with Gasteiger partial charge in [-0.1, -0.05) is 0 Å². The van der Waals surface area contributed by atoms with Gasteiger partial charge in [-0.15, -0.1) is 0 Å². The number of amides is 1. The van der Waals surface area contributed by atoms with Crippen LogP contribution in [-0.4, -0.2) is 60.3 Å². The first-order chi connectivity index (χ1) is 12.0. The van der Waals surface area contributed by atoms with Crippen molar-refractivity contribution in [2.24, 2.45) is 5.92 Å². The van der Waals surface area contributed by atoms with Crippen LogP contribution >= 0.6 is 0 Å². The van der Waals surface area contributed by atoms with E-state index >= 15 is 0 Å². The highest BCUT2D eigenvalue weighted by atomic mass is 16.5. The Hall–Kier alpha value is -1.73. The molecule has 0 saturated carbocycles. The van der Waals surface area contributed by atoms with E-state index in [0.717, 1.165) is 44.8 Å². The molecule has 1 atom stereocenters. The number of methoxy groups -OCH3 is 1. The minimum Gasteiger partial charge on any atom is -0.385 e. The highest BCUT2D eigenvalue weighted by Crippen LogP contribution is 2.15. The van der Waals surface area contributed by atoms with E-state index in [2.05, 4.69) is 15.2 Å². The number of carbonyl (C=O) groups is 1. The second-order valence-electron chi connectivity index (χ2n) is 6.83. The molecule has 1 aliphatic heterocycles. The van der Waals surface area contributed by atoms with Gasteiger partial charge in [-0.05, 0) is 45.2 Å². The van der Waals surface area contributed by atoms with Crippen molar-refractivity contribution < 1.29 is 9.53 Å². The molecule has 2 rings (SSSR count). The lowest BCUT2D eigenvalue weighted by Crippen LogP contribution is -2.33. The molecule has 1 unspecified atom stereocenters. The van der Waals surface area contributed by atoms with E-state index in [1.165, 1.54) is 0 Å². The summed E-state index contributed by atoms with van der Waals surface area (Å²) in [5, 5.41) is 3.01. The zero-order valence-electron chi connectivity index (χ0n) is 15.6. The number of carbonyl (C=O) groups excluding carboxylic acids is 1. The van der Waals surface area contributed by atoms with Crippen molar-refractivity contribution in [3.8, 4) is 0 Å². The first-order valence-corrected chi connectivity index (χ1v) is 9.02.